The summed E-state index contributed by atoms with van der Waals surface area (Å²) in [5.41, 5.74) is 0.758. The second-order valence-electron chi connectivity index (χ2n) is 8.16. The molecule has 23 heavy (non-hydrogen) atoms. The van der Waals surface area contributed by atoms with Crippen LogP contribution in [0.15, 0.2) is 18.2 Å². The van der Waals surface area contributed by atoms with Crippen molar-refractivity contribution >= 4 is 11.8 Å². The Morgan fingerprint density at radius 1 is 1.30 bits per heavy atom. The van der Waals surface area contributed by atoms with Gasteiger partial charge in [0.1, 0.15) is 11.2 Å². The number of esters is 1. The minimum absolute atomic E-state index is 0.0741. The van der Waals surface area contributed by atoms with Crippen LogP contribution in [0, 0.1) is 23.7 Å². The van der Waals surface area contributed by atoms with Crippen molar-refractivity contribution in [2.45, 2.75) is 59.8 Å². The Morgan fingerprint density at radius 3 is 2.57 bits per heavy atom. The van der Waals surface area contributed by atoms with Crippen LogP contribution in [-0.4, -0.2) is 11.8 Å². The number of carbonyl (C=O) groups is 2. The van der Waals surface area contributed by atoms with Crippen molar-refractivity contribution < 1.29 is 14.3 Å². The lowest BCUT2D eigenvalue weighted by molar-refractivity contribution is -0.154. The molecule has 0 spiro atoms. The quantitative estimate of drug-likeness (QED) is 0.471. The molecule has 2 saturated carbocycles. The molecule has 0 radical (unpaired) electrons. The van der Waals surface area contributed by atoms with Gasteiger partial charge in [0.05, 0.1) is 0 Å². The van der Waals surface area contributed by atoms with E-state index in [2.05, 4.69) is 13.8 Å². The summed E-state index contributed by atoms with van der Waals surface area (Å²) >= 11 is 0. The summed E-state index contributed by atoms with van der Waals surface area (Å²) in [6.45, 7) is 10.1. The molecule has 0 heterocycles. The second-order valence-corrected chi connectivity index (χ2v) is 8.16. The van der Waals surface area contributed by atoms with Crippen LogP contribution in [0.3, 0.4) is 0 Å². The van der Waals surface area contributed by atoms with Gasteiger partial charge in [-0.2, -0.15) is 0 Å². The number of carbonyl (C=O) groups excluding carboxylic acids is 2. The summed E-state index contributed by atoms with van der Waals surface area (Å²) in [7, 11) is 0. The highest BCUT2D eigenvalue weighted by Crippen LogP contribution is 2.60. The van der Waals surface area contributed by atoms with E-state index in [0.29, 0.717) is 24.5 Å². The molecular weight excluding hydrogens is 288 g/mol. The highest BCUT2D eigenvalue weighted by atomic mass is 16.5. The van der Waals surface area contributed by atoms with Gasteiger partial charge in [-0.3, -0.25) is 9.59 Å². The first-order valence-corrected chi connectivity index (χ1v) is 8.56. The van der Waals surface area contributed by atoms with E-state index >= 15 is 0 Å². The van der Waals surface area contributed by atoms with Crippen LogP contribution in [0.4, 0.5) is 0 Å². The first kappa shape index (κ1) is 16.2. The molecular formula is C20H26O3. The van der Waals surface area contributed by atoms with Crippen LogP contribution < -0.4 is 4.74 Å². The lowest BCUT2D eigenvalue weighted by Crippen LogP contribution is -2.44. The first-order chi connectivity index (χ1) is 10.7. The molecule has 2 atom stereocenters. The van der Waals surface area contributed by atoms with E-state index in [4.69, 9.17) is 4.74 Å². The zero-order valence-corrected chi connectivity index (χ0v) is 14.7. The van der Waals surface area contributed by atoms with Crippen molar-refractivity contribution in [2.75, 3.05) is 0 Å². The Hall–Kier alpha value is -1.64. The fraction of sp³-hybridized carbons (Fsp3) is 0.600. The van der Waals surface area contributed by atoms with Crippen LogP contribution >= 0.6 is 0 Å². The Kier molecular flexibility index (Phi) is 3.66. The van der Waals surface area contributed by atoms with Crippen molar-refractivity contribution in [1.29, 1.82) is 0 Å². The van der Waals surface area contributed by atoms with E-state index in [1.165, 1.54) is 0 Å². The Morgan fingerprint density at radius 2 is 2.00 bits per heavy atom. The lowest BCUT2D eigenvalue weighted by atomic mass is 9.71. The fourth-order valence-corrected chi connectivity index (χ4v) is 4.35. The summed E-state index contributed by atoms with van der Waals surface area (Å²) in [4.78, 5) is 25.8. The first-order valence-electron chi connectivity index (χ1n) is 8.56. The second kappa shape index (κ2) is 5.19. The van der Waals surface area contributed by atoms with Gasteiger partial charge in [-0.25, -0.2) is 0 Å². The molecule has 0 aliphatic heterocycles. The largest absolute Gasteiger partial charge is 0.425 e. The number of rotatable bonds is 3. The summed E-state index contributed by atoms with van der Waals surface area (Å²) < 4.78 is 5.80. The molecule has 3 heteroatoms. The molecule has 124 valence electrons. The van der Waals surface area contributed by atoms with E-state index in [1.807, 2.05) is 39.0 Å². The third-order valence-electron chi connectivity index (χ3n) is 5.94. The number of fused-ring (bicyclic) bond motifs is 2. The fourth-order valence-electron chi connectivity index (χ4n) is 4.35. The summed E-state index contributed by atoms with van der Waals surface area (Å²) in [5.74, 6) is 0.918. The van der Waals surface area contributed by atoms with Crippen LogP contribution in [0.25, 0.3) is 0 Å². The third-order valence-corrected chi connectivity index (χ3v) is 5.94. The highest BCUT2D eigenvalue weighted by Gasteiger charge is 2.66. The molecule has 2 unspecified atom stereocenters. The summed E-state index contributed by atoms with van der Waals surface area (Å²) in [5, 5.41) is 0. The molecule has 3 nitrogen and oxygen atoms in total. The molecule has 2 aliphatic carbocycles. The SMILES string of the molecule is Cc1ccc(C(C)C)c(OC(=O)C23CCC(C2)C(C)(C)C3=O)c1. The van der Waals surface area contributed by atoms with Gasteiger partial charge in [0, 0.05) is 5.41 Å². The maximum absolute atomic E-state index is 12.9. The van der Waals surface area contributed by atoms with Crippen molar-refractivity contribution in [3.63, 3.8) is 0 Å². The molecule has 3 rings (SSSR count). The van der Waals surface area contributed by atoms with Crippen LogP contribution in [-0.2, 0) is 9.59 Å². The van der Waals surface area contributed by atoms with Crippen LogP contribution in [0.1, 0.15) is 64.0 Å². The van der Waals surface area contributed by atoms with Crippen LogP contribution in [0.5, 0.6) is 5.75 Å². The summed E-state index contributed by atoms with van der Waals surface area (Å²) in [6.07, 6.45) is 2.24. The topological polar surface area (TPSA) is 43.4 Å². The Bertz CT molecular complexity index is 671. The molecule has 1 aromatic carbocycles. The van der Waals surface area contributed by atoms with Gasteiger partial charge in [0.15, 0.2) is 5.78 Å². The van der Waals surface area contributed by atoms with Gasteiger partial charge < -0.3 is 4.74 Å². The molecule has 2 bridgehead atoms. The van der Waals surface area contributed by atoms with E-state index in [9.17, 15) is 9.59 Å². The molecule has 2 aliphatic rings. The van der Waals surface area contributed by atoms with E-state index in [0.717, 1.165) is 17.5 Å². The average Bonchev–Trinajstić information content (AvgIpc) is 2.99. The van der Waals surface area contributed by atoms with Crippen LogP contribution in [0.2, 0.25) is 0 Å². The predicted octanol–water partition coefficient (Wildman–Crippen LogP) is 4.42. The maximum atomic E-state index is 12.9. The molecule has 1 aromatic rings. The van der Waals surface area contributed by atoms with Gasteiger partial charge in [0.25, 0.3) is 0 Å². The van der Waals surface area contributed by atoms with E-state index in [-0.39, 0.29) is 17.7 Å². The molecule has 2 fully saturated rings. The number of ether oxygens (including phenoxy) is 1. The van der Waals surface area contributed by atoms with Gasteiger partial charge >= 0.3 is 5.97 Å². The van der Waals surface area contributed by atoms with Crippen molar-refractivity contribution in [1.82, 2.24) is 0 Å². The zero-order valence-electron chi connectivity index (χ0n) is 14.7. The minimum Gasteiger partial charge on any atom is -0.425 e. The van der Waals surface area contributed by atoms with Crippen molar-refractivity contribution in [3.8, 4) is 5.75 Å². The van der Waals surface area contributed by atoms with E-state index < -0.39 is 10.8 Å². The van der Waals surface area contributed by atoms with Crippen molar-refractivity contribution in [3.05, 3.63) is 29.3 Å². The van der Waals surface area contributed by atoms with Gasteiger partial charge in [-0.1, -0.05) is 39.8 Å². The standard InChI is InChI=1S/C20H26O3/c1-12(2)15-7-6-13(3)10-16(15)23-18(22)20-9-8-14(11-20)19(4,5)17(20)21/h6-7,10,12,14H,8-9,11H2,1-5H3. The summed E-state index contributed by atoms with van der Waals surface area (Å²) in [6, 6.07) is 5.94. The Balaban J connectivity index is 1.92. The molecule has 0 saturated heterocycles. The average molecular weight is 314 g/mol. The normalized spacial score (nSPS) is 28.4. The number of Topliss-reactive ketones (excluding diaryl/α,β-unsaturated/α-hetero) is 1. The number of ketones is 1. The molecule has 0 aromatic heterocycles. The minimum atomic E-state index is -0.911. The van der Waals surface area contributed by atoms with Crippen molar-refractivity contribution in [2.24, 2.45) is 16.7 Å². The van der Waals surface area contributed by atoms with E-state index in [1.54, 1.807) is 0 Å². The lowest BCUT2D eigenvalue weighted by Gasteiger charge is -2.32. The zero-order chi connectivity index (χ0) is 17.0. The monoisotopic (exact) mass is 314 g/mol. The van der Waals surface area contributed by atoms with Gasteiger partial charge in [0.2, 0.25) is 0 Å². The van der Waals surface area contributed by atoms with Gasteiger partial charge in [-0.15, -0.1) is 0 Å². The maximum Gasteiger partial charge on any atom is 0.325 e. The number of hydrogen-bond donors (Lipinski definition) is 0. The number of benzene rings is 1. The third kappa shape index (κ3) is 2.32. The Labute approximate surface area is 138 Å². The predicted molar refractivity (Wildman–Crippen MR) is 89.5 cm³/mol. The number of hydrogen-bond acceptors (Lipinski definition) is 3. The highest BCUT2D eigenvalue weighted by molar-refractivity contribution is 6.09. The molecule has 0 amide bonds. The number of aryl methyl sites for hydroxylation is 1. The molecule has 0 N–H and O–H groups in total. The smallest absolute Gasteiger partial charge is 0.325 e. The van der Waals surface area contributed by atoms with Gasteiger partial charge in [-0.05, 0) is 55.2 Å².